The van der Waals surface area contributed by atoms with Crippen LogP contribution in [-0.4, -0.2) is 18.3 Å². The Morgan fingerprint density at radius 2 is 2.10 bits per heavy atom. The van der Waals surface area contributed by atoms with Crippen LogP contribution in [0.5, 0.6) is 5.75 Å². The number of hydrogen-bond donors (Lipinski definition) is 1. The van der Waals surface area contributed by atoms with Crippen molar-refractivity contribution >= 4 is 28.7 Å². The second kappa shape index (κ2) is 6.34. The van der Waals surface area contributed by atoms with Gasteiger partial charge in [-0.1, -0.05) is 6.07 Å². The Labute approximate surface area is 121 Å². The highest BCUT2D eigenvalue weighted by molar-refractivity contribution is 7.12. The van der Waals surface area contributed by atoms with Crippen LogP contribution in [0, 0.1) is 0 Å². The number of nitrogens with one attached hydrogen (secondary N) is 1. The number of benzene rings is 1. The van der Waals surface area contributed by atoms with Crippen molar-refractivity contribution in [3.8, 4) is 5.75 Å². The summed E-state index contributed by atoms with van der Waals surface area (Å²) in [6.45, 7) is 3.84. The molecule has 20 heavy (non-hydrogen) atoms. The lowest BCUT2D eigenvalue weighted by molar-refractivity contribution is 0.101. The normalized spacial score (nSPS) is 10.1. The van der Waals surface area contributed by atoms with E-state index in [4.69, 9.17) is 4.74 Å². The summed E-state index contributed by atoms with van der Waals surface area (Å²) >= 11 is 1.36. The minimum Gasteiger partial charge on any atom is -0.492 e. The maximum atomic E-state index is 12.1. The molecule has 1 heterocycles. The number of carbonyl (C=O) groups excluding carboxylic acids is 2. The Balaban J connectivity index is 2.29. The number of anilines is 1. The van der Waals surface area contributed by atoms with Crippen LogP contribution in [-0.2, 0) is 0 Å². The van der Waals surface area contributed by atoms with Crippen molar-refractivity contribution < 1.29 is 14.3 Å². The van der Waals surface area contributed by atoms with Gasteiger partial charge in [0.2, 0.25) is 0 Å². The Morgan fingerprint density at radius 3 is 2.70 bits per heavy atom. The number of rotatable bonds is 5. The predicted molar refractivity (Wildman–Crippen MR) is 79.9 cm³/mol. The van der Waals surface area contributed by atoms with Gasteiger partial charge in [-0.2, -0.15) is 0 Å². The van der Waals surface area contributed by atoms with Crippen molar-refractivity contribution in [1.29, 1.82) is 0 Å². The number of Topliss-reactive ketones (excluding diaryl/α,β-unsaturated/α-hetero) is 1. The van der Waals surface area contributed by atoms with E-state index in [1.165, 1.54) is 18.3 Å². The van der Waals surface area contributed by atoms with Gasteiger partial charge in [-0.3, -0.25) is 9.59 Å². The topological polar surface area (TPSA) is 55.4 Å². The number of amides is 1. The van der Waals surface area contributed by atoms with Gasteiger partial charge in [0.1, 0.15) is 5.75 Å². The van der Waals surface area contributed by atoms with Crippen molar-refractivity contribution in [2.45, 2.75) is 13.8 Å². The van der Waals surface area contributed by atoms with Crippen LogP contribution in [0.15, 0.2) is 35.7 Å². The smallest absolute Gasteiger partial charge is 0.265 e. The van der Waals surface area contributed by atoms with Gasteiger partial charge in [0.25, 0.3) is 5.91 Å². The average Bonchev–Trinajstić information content (AvgIpc) is 2.94. The third-order valence-electron chi connectivity index (χ3n) is 2.68. The van der Waals surface area contributed by atoms with Crippen molar-refractivity contribution in [1.82, 2.24) is 0 Å². The second-order valence-corrected chi connectivity index (χ2v) is 5.08. The predicted octanol–water partition coefficient (Wildman–Crippen LogP) is 3.60. The quantitative estimate of drug-likeness (QED) is 0.856. The van der Waals surface area contributed by atoms with Gasteiger partial charge >= 0.3 is 0 Å². The first-order valence-electron chi connectivity index (χ1n) is 6.24. The van der Waals surface area contributed by atoms with Crippen molar-refractivity contribution in [3.63, 3.8) is 0 Å². The first-order chi connectivity index (χ1) is 9.61. The molecule has 1 aromatic carbocycles. The first kappa shape index (κ1) is 14.3. The van der Waals surface area contributed by atoms with Gasteiger partial charge in [0.15, 0.2) is 5.78 Å². The van der Waals surface area contributed by atoms with E-state index >= 15 is 0 Å². The molecule has 0 atom stereocenters. The summed E-state index contributed by atoms with van der Waals surface area (Å²) in [6.07, 6.45) is 0. The van der Waals surface area contributed by atoms with Gasteiger partial charge in [0.05, 0.1) is 17.2 Å². The van der Waals surface area contributed by atoms with Crippen LogP contribution in [0.4, 0.5) is 5.69 Å². The maximum Gasteiger partial charge on any atom is 0.265 e. The molecule has 2 rings (SSSR count). The van der Waals surface area contributed by atoms with Crippen LogP contribution >= 0.6 is 11.3 Å². The van der Waals surface area contributed by atoms with Crippen LogP contribution in [0.2, 0.25) is 0 Å². The highest BCUT2D eigenvalue weighted by atomic mass is 32.1. The molecule has 1 aromatic heterocycles. The van der Waals surface area contributed by atoms with Gasteiger partial charge in [-0.25, -0.2) is 0 Å². The maximum absolute atomic E-state index is 12.1. The zero-order chi connectivity index (χ0) is 14.5. The summed E-state index contributed by atoms with van der Waals surface area (Å²) < 4.78 is 5.47. The Bertz CT molecular complexity index is 620. The molecule has 0 bridgehead atoms. The number of hydrogen-bond acceptors (Lipinski definition) is 4. The molecule has 0 spiro atoms. The molecule has 0 unspecified atom stereocenters. The highest BCUT2D eigenvalue weighted by Gasteiger charge is 2.12. The van der Waals surface area contributed by atoms with Crippen molar-refractivity contribution in [2.75, 3.05) is 11.9 Å². The largest absolute Gasteiger partial charge is 0.492 e. The Morgan fingerprint density at radius 1 is 1.30 bits per heavy atom. The summed E-state index contributed by atoms with van der Waals surface area (Å²) in [5.74, 6) is 0.295. The second-order valence-electron chi connectivity index (χ2n) is 4.13. The van der Waals surface area contributed by atoms with Gasteiger partial charge in [-0.05, 0) is 43.5 Å². The minimum atomic E-state index is -0.207. The monoisotopic (exact) mass is 289 g/mol. The molecule has 0 aliphatic carbocycles. The lowest BCUT2D eigenvalue weighted by Crippen LogP contribution is -2.12. The van der Waals surface area contributed by atoms with Crippen LogP contribution in [0.25, 0.3) is 0 Å². The first-order valence-corrected chi connectivity index (χ1v) is 7.12. The van der Waals surface area contributed by atoms with Crippen LogP contribution in [0.3, 0.4) is 0 Å². The van der Waals surface area contributed by atoms with E-state index in [1.54, 1.807) is 24.3 Å². The van der Waals surface area contributed by atoms with Crippen molar-refractivity contribution in [2.24, 2.45) is 0 Å². The molecule has 0 saturated heterocycles. The van der Waals surface area contributed by atoms with E-state index in [-0.39, 0.29) is 11.7 Å². The molecular weight excluding hydrogens is 274 g/mol. The number of ether oxygens (including phenoxy) is 1. The van der Waals surface area contributed by atoms with E-state index < -0.39 is 0 Å². The van der Waals surface area contributed by atoms with E-state index in [2.05, 4.69) is 5.32 Å². The summed E-state index contributed by atoms with van der Waals surface area (Å²) in [7, 11) is 0. The fraction of sp³-hybridized carbons (Fsp3) is 0.200. The lowest BCUT2D eigenvalue weighted by Gasteiger charge is -2.12. The van der Waals surface area contributed by atoms with E-state index in [9.17, 15) is 9.59 Å². The number of carbonyl (C=O) groups is 2. The molecule has 0 aliphatic heterocycles. The molecule has 1 amide bonds. The Hall–Kier alpha value is -2.14. The van der Waals surface area contributed by atoms with E-state index in [1.807, 2.05) is 18.4 Å². The third kappa shape index (κ3) is 3.24. The van der Waals surface area contributed by atoms with Gasteiger partial charge in [0, 0.05) is 5.56 Å². The van der Waals surface area contributed by atoms with Gasteiger partial charge < -0.3 is 10.1 Å². The lowest BCUT2D eigenvalue weighted by atomic mass is 10.1. The van der Waals surface area contributed by atoms with Gasteiger partial charge in [-0.15, -0.1) is 11.3 Å². The van der Waals surface area contributed by atoms with Crippen LogP contribution in [0.1, 0.15) is 33.9 Å². The fourth-order valence-corrected chi connectivity index (χ4v) is 2.34. The summed E-state index contributed by atoms with van der Waals surface area (Å²) in [4.78, 5) is 24.1. The molecular formula is C15H15NO3S. The standard InChI is InChI=1S/C15H15NO3S/c1-3-19-13-7-6-11(10(2)17)9-12(13)16-15(18)14-5-4-8-20-14/h4-9H,3H2,1-2H3,(H,16,18). The summed E-state index contributed by atoms with van der Waals surface area (Å²) in [5.41, 5.74) is 1.05. The molecule has 4 nitrogen and oxygen atoms in total. The number of ketones is 1. The molecule has 0 radical (unpaired) electrons. The molecule has 2 aromatic rings. The minimum absolute atomic E-state index is 0.0559. The van der Waals surface area contributed by atoms with E-state index in [0.717, 1.165) is 0 Å². The molecule has 0 saturated carbocycles. The zero-order valence-electron chi connectivity index (χ0n) is 11.3. The average molecular weight is 289 g/mol. The fourth-order valence-electron chi connectivity index (χ4n) is 1.72. The third-order valence-corrected chi connectivity index (χ3v) is 3.55. The summed E-state index contributed by atoms with van der Waals surface area (Å²) in [5, 5.41) is 4.62. The molecule has 104 valence electrons. The van der Waals surface area contributed by atoms with E-state index in [0.29, 0.717) is 28.5 Å². The molecule has 0 fully saturated rings. The highest BCUT2D eigenvalue weighted by Crippen LogP contribution is 2.27. The molecule has 0 aliphatic rings. The SMILES string of the molecule is CCOc1ccc(C(C)=O)cc1NC(=O)c1cccs1. The Kier molecular flexibility index (Phi) is 4.53. The number of thiophene rings is 1. The zero-order valence-corrected chi connectivity index (χ0v) is 12.1. The molecule has 5 heteroatoms. The van der Waals surface area contributed by atoms with Crippen molar-refractivity contribution in [3.05, 3.63) is 46.2 Å². The van der Waals surface area contributed by atoms with Crippen LogP contribution < -0.4 is 10.1 Å². The summed E-state index contributed by atoms with van der Waals surface area (Å²) in [6, 6.07) is 8.58. The molecule has 1 N–H and O–H groups in total.